The Bertz CT molecular complexity index is 737. The molecule has 0 aliphatic rings. The van der Waals surface area contributed by atoms with Gasteiger partial charge in [-0.15, -0.1) is 0 Å². The van der Waals surface area contributed by atoms with Crippen LogP contribution in [0.5, 0.6) is 0 Å². The Morgan fingerprint density at radius 1 is 1.25 bits per heavy atom. The minimum absolute atomic E-state index is 0.0923. The van der Waals surface area contributed by atoms with Crippen molar-refractivity contribution in [2.45, 2.75) is 13.3 Å². The lowest BCUT2D eigenvalue weighted by Crippen LogP contribution is -2.18. The molecule has 5 heteroatoms. The summed E-state index contributed by atoms with van der Waals surface area (Å²) >= 11 is 0. The predicted molar refractivity (Wildman–Crippen MR) is 80.1 cm³/mol. The number of nitrogens with zero attached hydrogens (tertiary/aromatic N) is 3. The van der Waals surface area contributed by atoms with Gasteiger partial charge >= 0.3 is 0 Å². The first-order valence-corrected chi connectivity index (χ1v) is 6.24. The molecular weight excluding hydrogens is 250 g/mol. The zero-order valence-corrected chi connectivity index (χ0v) is 11.2. The van der Waals surface area contributed by atoms with E-state index in [9.17, 15) is 0 Å². The molecule has 5 nitrogen and oxygen atoms in total. The number of pyridine rings is 1. The number of benzene rings is 1. The molecule has 1 aromatic carbocycles. The van der Waals surface area contributed by atoms with E-state index >= 15 is 0 Å². The highest BCUT2D eigenvalue weighted by Gasteiger charge is 2.07. The van der Waals surface area contributed by atoms with Crippen LogP contribution in [0.3, 0.4) is 0 Å². The standard InChI is InChI=1S/C15H15N5/c1-2-12(17)11(9-16)15(18)20-14-8-7-10-5-3-4-6-13(10)19-14/h3-8H,2,17H2,1H3,(H2,18,19,20). The van der Waals surface area contributed by atoms with Gasteiger partial charge in [0.15, 0.2) is 5.82 Å². The van der Waals surface area contributed by atoms with E-state index in [1.807, 2.05) is 43.3 Å². The van der Waals surface area contributed by atoms with Gasteiger partial charge in [0.2, 0.25) is 0 Å². The summed E-state index contributed by atoms with van der Waals surface area (Å²) in [7, 11) is 0. The third-order valence-corrected chi connectivity index (χ3v) is 2.89. The largest absolute Gasteiger partial charge is 0.401 e. The minimum Gasteiger partial charge on any atom is -0.401 e. The highest BCUT2D eigenvalue weighted by molar-refractivity contribution is 6.02. The molecule has 0 unspecified atom stereocenters. The number of nitriles is 1. The summed E-state index contributed by atoms with van der Waals surface area (Å²) in [4.78, 5) is 8.55. The molecule has 0 amide bonds. The molecule has 0 fully saturated rings. The molecule has 0 aliphatic carbocycles. The quantitative estimate of drug-likeness (QED) is 0.505. The number of hydrogen-bond donors (Lipinski definition) is 2. The van der Waals surface area contributed by atoms with Gasteiger partial charge < -0.3 is 11.5 Å². The van der Waals surface area contributed by atoms with E-state index in [2.05, 4.69) is 9.98 Å². The van der Waals surface area contributed by atoms with Crippen LogP contribution in [-0.4, -0.2) is 10.8 Å². The van der Waals surface area contributed by atoms with Crippen molar-refractivity contribution < 1.29 is 0 Å². The highest BCUT2D eigenvalue weighted by Crippen LogP contribution is 2.17. The average molecular weight is 265 g/mol. The first kappa shape index (κ1) is 13.6. The van der Waals surface area contributed by atoms with Gasteiger partial charge in [-0.05, 0) is 24.6 Å². The maximum atomic E-state index is 9.08. The van der Waals surface area contributed by atoms with Gasteiger partial charge in [0.05, 0.1) is 5.52 Å². The SMILES string of the molecule is CCC(N)=C(C#N)C(N)=Nc1ccc2ccccc2n1. The Labute approximate surface area is 117 Å². The molecule has 0 saturated heterocycles. The summed E-state index contributed by atoms with van der Waals surface area (Å²) in [5.74, 6) is 0.549. The van der Waals surface area contributed by atoms with Crippen molar-refractivity contribution in [2.75, 3.05) is 0 Å². The van der Waals surface area contributed by atoms with Crippen molar-refractivity contribution in [3.63, 3.8) is 0 Å². The van der Waals surface area contributed by atoms with E-state index in [0.29, 0.717) is 17.9 Å². The van der Waals surface area contributed by atoms with Crippen LogP contribution in [0.4, 0.5) is 5.82 Å². The zero-order chi connectivity index (χ0) is 14.5. The number of aromatic nitrogens is 1. The monoisotopic (exact) mass is 265 g/mol. The van der Waals surface area contributed by atoms with Gasteiger partial charge in [-0.25, -0.2) is 9.98 Å². The summed E-state index contributed by atoms with van der Waals surface area (Å²) in [6.07, 6.45) is 0.546. The van der Waals surface area contributed by atoms with Gasteiger partial charge in [0.25, 0.3) is 0 Å². The smallest absolute Gasteiger partial charge is 0.154 e. The van der Waals surface area contributed by atoms with Crippen molar-refractivity contribution in [2.24, 2.45) is 16.5 Å². The highest BCUT2D eigenvalue weighted by atomic mass is 15.0. The summed E-state index contributed by atoms with van der Waals surface area (Å²) < 4.78 is 0. The number of rotatable bonds is 3. The first-order chi connectivity index (χ1) is 9.65. The van der Waals surface area contributed by atoms with E-state index in [4.69, 9.17) is 16.7 Å². The Morgan fingerprint density at radius 2 is 2.00 bits per heavy atom. The first-order valence-electron chi connectivity index (χ1n) is 6.24. The molecule has 1 heterocycles. The zero-order valence-electron chi connectivity index (χ0n) is 11.2. The maximum absolute atomic E-state index is 9.08. The molecule has 1 aromatic heterocycles. The third-order valence-electron chi connectivity index (χ3n) is 2.89. The fourth-order valence-corrected chi connectivity index (χ4v) is 1.77. The number of fused-ring (bicyclic) bond motifs is 1. The second-order valence-corrected chi connectivity index (χ2v) is 4.22. The molecule has 0 spiro atoms. The summed E-state index contributed by atoms with van der Waals surface area (Å²) in [6.45, 7) is 1.86. The molecular formula is C15H15N5. The number of amidine groups is 1. The molecule has 0 bridgehead atoms. The molecule has 20 heavy (non-hydrogen) atoms. The Kier molecular flexibility index (Phi) is 3.96. The number of para-hydroxylation sites is 1. The van der Waals surface area contributed by atoms with E-state index in [0.717, 1.165) is 10.9 Å². The molecule has 0 atom stereocenters. The van der Waals surface area contributed by atoms with Gasteiger partial charge in [-0.3, -0.25) is 0 Å². The van der Waals surface area contributed by atoms with E-state index < -0.39 is 0 Å². The molecule has 0 radical (unpaired) electrons. The molecule has 2 aromatic rings. The summed E-state index contributed by atoms with van der Waals surface area (Å²) in [5.41, 5.74) is 13.0. The van der Waals surface area contributed by atoms with Crippen LogP contribution in [0.25, 0.3) is 10.9 Å². The van der Waals surface area contributed by atoms with Gasteiger partial charge in [0.1, 0.15) is 17.5 Å². The van der Waals surface area contributed by atoms with Crippen LogP contribution < -0.4 is 11.5 Å². The van der Waals surface area contributed by atoms with E-state index in [1.165, 1.54) is 0 Å². The van der Waals surface area contributed by atoms with Crippen LogP contribution in [0.1, 0.15) is 13.3 Å². The third kappa shape index (κ3) is 2.75. The van der Waals surface area contributed by atoms with Crippen LogP contribution in [-0.2, 0) is 0 Å². The van der Waals surface area contributed by atoms with Crippen LogP contribution in [0.15, 0.2) is 52.7 Å². The Morgan fingerprint density at radius 3 is 2.70 bits per heavy atom. The molecule has 0 aliphatic heterocycles. The lowest BCUT2D eigenvalue weighted by Gasteiger charge is -2.03. The van der Waals surface area contributed by atoms with Gasteiger partial charge in [-0.2, -0.15) is 5.26 Å². The summed E-state index contributed by atoms with van der Waals surface area (Å²) in [6, 6.07) is 13.4. The van der Waals surface area contributed by atoms with Crippen LogP contribution in [0.2, 0.25) is 0 Å². The number of allylic oxidation sites excluding steroid dienone is 1. The van der Waals surface area contributed by atoms with Crippen LogP contribution >= 0.6 is 0 Å². The van der Waals surface area contributed by atoms with Crippen LogP contribution in [0, 0.1) is 11.3 Å². The minimum atomic E-state index is 0.0923. The van der Waals surface area contributed by atoms with E-state index in [1.54, 1.807) is 6.07 Å². The Balaban J connectivity index is 2.45. The van der Waals surface area contributed by atoms with Gasteiger partial charge in [-0.1, -0.05) is 25.1 Å². The topological polar surface area (TPSA) is 101 Å². The molecule has 4 N–H and O–H groups in total. The van der Waals surface area contributed by atoms with Gasteiger partial charge in [0, 0.05) is 11.1 Å². The van der Waals surface area contributed by atoms with E-state index in [-0.39, 0.29) is 11.4 Å². The van der Waals surface area contributed by atoms with Crippen molar-refractivity contribution in [3.8, 4) is 6.07 Å². The Hall–Kier alpha value is -2.87. The number of aliphatic imine (C=N–C) groups is 1. The lowest BCUT2D eigenvalue weighted by molar-refractivity contribution is 1.06. The van der Waals surface area contributed by atoms with Crippen molar-refractivity contribution >= 4 is 22.6 Å². The second-order valence-electron chi connectivity index (χ2n) is 4.22. The normalized spacial score (nSPS) is 12.9. The summed E-state index contributed by atoms with van der Waals surface area (Å²) in [5, 5.41) is 10.1. The fourth-order valence-electron chi connectivity index (χ4n) is 1.77. The lowest BCUT2D eigenvalue weighted by atomic mass is 10.2. The second kappa shape index (κ2) is 5.85. The molecule has 2 rings (SSSR count). The maximum Gasteiger partial charge on any atom is 0.154 e. The predicted octanol–water partition coefficient (Wildman–Crippen LogP) is 2.37. The number of nitrogens with two attached hydrogens (primary N) is 2. The van der Waals surface area contributed by atoms with Crippen molar-refractivity contribution in [1.82, 2.24) is 4.98 Å². The molecule has 0 saturated carbocycles. The number of hydrogen-bond acceptors (Lipinski definition) is 4. The van der Waals surface area contributed by atoms with Crippen molar-refractivity contribution in [3.05, 3.63) is 47.7 Å². The average Bonchev–Trinajstić information content (AvgIpc) is 2.47. The molecule has 100 valence electrons. The van der Waals surface area contributed by atoms with Crippen molar-refractivity contribution in [1.29, 1.82) is 5.26 Å². The fraction of sp³-hybridized carbons (Fsp3) is 0.133.